The number of fused-ring (bicyclic) bond motifs is 1. The highest BCUT2D eigenvalue weighted by atomic mass is 19.4. The lowest BCUT2D eigenvalue weighted by atomic mass is 10.0. The minimum atomic E-state index is -4.71. The number of carbonyl (C=O) groups excluding carboxylic acids is 1. The Hall–Kier alpha value is -3.44. The van der Waals surface area contributed by atoms with Crippen molar-refractivity contribution >= 4 is 16.8 Å². The molecule has 1 amide bonds. The van der Waals surface area contributed by atoms with Crippen molar-refractivity contribution in [2.24, 2.45) is 0 Å². The van der Waals surface area contributed by atoms with Gasteiger partial charge in [0.25, 0.3) is 11.5 Å². The summed E-state index contributed by atoms with van der Waals surface area (Å²) in [7, 11) is 3.06. The molecule has 2 aromatic carbocycles. The second-order valence-corrected chi connectivity index (χ2v) is 9.32. The van der Waals surface area contributed by atoms with E-state index in [4.69, 9.17) is 4.74 Å². The van der Waals surface area contributed by atoms with E-state index >= 15 is 0 Å². The minimum Gasteiger partial charge on any atom is -0.497 e. The minimum absolute atomic E-state index is 0.149. The van der Waals surface area contributed by atoms with E-state index in [1.807, 2.05) is 0 Å². The zero-order valence-electron chi connectivity index (χ0n) is 21.2. The smallest absolute Gasteiger partial charge is 0.419 e. The van der Waals surface area contributed by atoms with Crippen LogP contribution in [0.25, 0.3) is 10.9 Å². The van der Waals surface area contributed by atoms with Gasteiger partial charge in [-0.05, 0) is 55.8 Å². The third kappa shape index (κ3) is 6.16. The summed E-state index contributed by atoms with van der Waals surface area (Å²) in [5, 5.41) is 6.54. The number of aromatic nitrogens is 1. The molecule has 1 aliphatic heterocycles. The first-order valence-corrected chi connectivity index (χ1v) is 12.4. The number of alkyl halides is 3. The van der Waals surface area contributed by atoms with E-state index in [1.165, 1.54) is 19.2 Å². The first-order chi connectivity index (χ1) is 18.1. The van der Waals surface area contributed by atoms with Gasteiger partial charge in [-0.1, -0.05) is 6.07 Å². The van der Waals surface area contributed by atoms with Crippen molar-refractivity contribution in [1.82, 2.24) is 20.1 Å². The quantitative estimate of drug-likeness (QED) is 0.431. The lowest BCUT2D eigenvalue weighted by Crippen LogP contribution is -2.43. The van der Waals surface area contributed by atoms with Crippen molar-refractivity contribution in [2.45, 2.75) is 38.1 Å². The molecule has 3 aromatic rings. The second-order valence-electron chi connectivity index (χ2n) is 9.32. The highest BCUT2D eigenvalue weighted by Crippen LogP contribution is 2.31. The standard InChI is InChI=1S/C27H30F4N4O3/c1-32-26(37)21-15-25(36)35(24-14-19(38-2)4-5-20(21)24)12-11-34-9-7-18(8-10-34)33-16-17-3-6-22(23(28)13-17)27(29,30)31/h3-6,13-15,18,33H,7-12,16H2,1-2H3,(H,32,37). The molecule has 0 bridgehead atoms. The molecule has 0 aliphatic carbocycles. The summed E-state index contributed by atoms with van der Waals surface area (Å²) in [5.74, 6) is -1.02. The summed E-state index contributed by atoms with van der Waals surface area (Å²) in [5.41, 5.74) is -0.144. The number of likely N-dealkylation sites (tertiary alicyclic amines) is 1. The van der Waals surface area contributed by atoms with Crippen LogP contribution in [0, 0.1) is 5.82 Å². The maximum absolute atomic E-state index is 13.8. The molecule has 1 fully saturated rings. The number of piperidine rings is 1. The molecule has 0 atom stereocenters. The monoisotopic (exact) mass is 534 g/mol. The van der Waals surface area contributed by atoms with Gasteiger partial charge in [-0.3, -0.25) is 9.59 Å². The van der Waals surface area contributed by atoms with Gasteiger partial charge in [0.15, 0.2) is 0 Å². The van der Waals surface area contributed by atoms with Gasteiger partial charge in [0, 0.05) is 50.2 Å². The second kappa shape index (κ2) is 11.5. The summed E-state index contributed by atoms with van der Waals surface area (Å²) < 4.78 is 59.1. The SMILES string of the molecule is CNC(=O)c1cc(=O)n(CCN2CCC(NCc3ccc(C(F)(F)F)c(F)c3)CC2)c2cc(OC)ccc12. The van der Waals surface area contributed by atoms with Crippen LogP contribution < -0.4 is 20.9 Å². The van der Waals surface area contributed by atoms with Crippen LogP contribution in [0.15, 0.2) is 47.3 Å². The maximum atomic E-state index is 13.8. The Bertz CT molecular complexity index is 1360. The van der Waals surface area contributed by atoms with E-state index < -0.39 is 17.6 Å². The Kier molecular flexibility index (Phi) is 8.37. The van der Waals surface area contributed by atoms with E-state index in [9.17, 15) is 27.2 Å². The number of hydrogen-bond donors (Lipinski definition) is 2. The number of halogens is 4. The fourth-order valence-corrected chi connectivity index (χ4v) is 4.80. The number of hydrogen-bond acceptors (Lipinski definition) is 5. The van der Waals surface area contributed by atoms with Crippen molar-refractivity contribution in [3.05, 3.63) is 75.3 Å². The van der Waals surface area contributed by atoms with E-state index in [2.05, 4.69) is 15.5 Å². The van der Waals surface area contributed by atoms with E-state index in [-0.39, 0.29) is 24.1 Å². The summed E-state index contributed by atoms with van der Waals surface area (Å²) in [4.78, 5) is 27.5. The fourth-order valence-electron chi connectivity index (χ4n) is 4.80. The lowest BCUT2D eigenvalue weighted by Gasteiger charge is -2.32. The molecular weight excluding hydrogens is 504 g/mol. The average molecular weight is 535 g/mol. The molecule has 0 saturated carbocycles. The Morgan fingerprint density at radius 1 is 1.08 bits per heavy atom. The molecule has 38 heavy (non-hydrogen) atoms. The number of carbonyl (C=O) groups is 1. The van der Waals surface area contributed by atoms with Crippen LogP contribution in [0.2, 0.25) is 0 Å². The van der Waals surface area contributed by atoms with Crippen molar-refractivity contribution < 1.29 is 27.1 Å². The Balaban J connectivity index is 1.36. The van der Waals surface area contributed by atoms with Crippen molar-refractivity contribution in [2.75, 3.05) is 33.8 Å². The van der Waals surface area contributed by atoms with Crippen LogP contribution in [0.4, 0.5) is 17.6 Å². The van der Waals surface area contributed by atoms with Crippen LogP contribution in [-0.4, -0.2) is 55.2 Å². The number of benzene rings is 2. The van der Waals surface area contributed by atoms with Crippen molar-refractivity contribution in [3.8, 4) is 5.75 Å². The third-order valence-corrected chi connectivity index (χ3v) is 6.95. The molecule has 7 nitrogen and oxygen atoms in total. The zero-order chi connectivity index (χ0) is 27.4. The molecule has 1 saturated heterocycles. The number of rotatable bonds is 8. The van der Waals surface area contributed by atoms with Gasteiger partial charge < -0.3 is 24.8 Å². The normalized spacial score (nSPS) is 15.1. The van der Waals surface area contributed by atoms with Crippen LogP contribution in [0.5, 0.6) is 5.75 Å². The van der Waals surface area contributed by atoms with Crippen LogP contribution >= 0.6 is 0 Å². The average Bonchev–Trinajstić information content (AvgIpc) is 2.90. The fraction of sp³-hybridized carbons (Fsp3) is 0.407. The Morgan fingerprint density at radius 2 is 1.82 bits per heavy atom. The van der Waals surface area contributed by atoms with Gasteiger partial charge in [0.1, 0.15) is 11.6 Å². The Labute approximate surface area is 217 Å². The first-order valence-electron chi connectivity index (χ1n) is 12.4. The van der Waals surface area contributed by atoms with Crippen LogP contribution in [0.3, 0.4) is 0 Å². The number of amides is 1. The summed E-state index contributed by atoms with van der Waals surface area (Å²) in [6, 6.07) is 9.78. The largest absolute Gasteiger partial charge is 0.497 e. The molecule has 1 aromatic heterocycles. The number of pyridine rings is 1. The van der Waals surface area contributed by atoms with Gasteiger partial charge in [0.2, 0.25) is 0 Å². The number of methoxy groups -OCH3 is 1. The van der Waals surface area contributed by atoms with Crippen molar-refractivity contribution in [1.29, 1.82) is 0 Å². The van der Waals surface area contributed by atoms with Gasteiger partial charge in [-0.15, -0.1) is 0 Å². The predicted octanol–water partition coefficient (Wildman–Crippen LogP) is 3.78. The molecule has 2 heterocycles. The molecule has 1 aliphatic rings. The molecular formula is C27H30F4N4O3. The summed E-state index contributed by atoms with van der Waals surface area (Å²) in [6.07, 6.45) is -3.09. The van der Waals surface area contributed by atoms with Gasteiger partial charge in [0.05, 0.1) is 23.8 Å². The highest BCUT2D eigenvalue weighted by molar-refractivity contribution is 6.06. The van der Waals surface area contributed by atoms with Crippen LogP contribution in [-0.2, 0) is 19.3 Å². The molecule has 4 rings (SSSR count). The topological polar surface area (TPSA) is 75.6 Å². The van der Waals surface area contributed by atoms with Crippen LogP contribution in [0.1, 0.15) is 34.3 Å². The summed E-state index contributed by atoms with van der Waals surface area (Å²) >= 11 is 0. The van der Waals surface area contributed by atoms with Gasteiger partial charge in [-0.2, -0.15) is 13.2 Å². The molecule has 204 valence electrons. The van der Waals surface area contributed by atoms with E-state index in [0.717, 1.165) is 38.1 Å². The molecule has 0 radical (unpaired) electrons. The maximum Gasteiger partial charge on any atom is 0.419 e. The summed E-state index contributed by atoms with van der Waals surface area (Å²) in [6.45, 7) is 2.87. The first kappa shape index (κ1) is 27.6. The van der Waals surface area contributed by atoms with E-state index in [0.29, 0.717) is 40.9 Å². The van der Waals surface area contributed by atoms with Gasteiger partial charge >= 0.3 is 6.18 Å². The molecule has 0 spiro atoms. The molecule has 2 N–H and O–H groups in total. The molecule has 11 heteroatoms. The highest BCUT2D eigenvalue weighted by Gasteiger charge is 2.34. The van der Waals surface area contributed by atoms with Crippen molar-refractivity contribution in [3.63, 3.8) is 0 Å². The Morgan fingerprint density at radius 3 is 2.45 bits per heavy atom. The lowest BCUT2D eigenvalue weighted by molar-refractivity contribution is -0.140. The van der Waals surface area contributed by atoms with Gasteiger partial charge in [-0.25, -0.2) is 4.39 Å². The number of nitrogens with zero attached hydrogens (tertiary/aromatic N) is 2. The third-order valence-electron chi connectivity index (χ3n) is 6.95. The van der Waals surface area contributed by atoms with E-state index in [1.54, 1.807) is 29.9 Å². The number of ether oxygens (including phenoxy) is 1. The zero-order valence-corrected chi connectivity index (χ0v) is 21.2. The number of nitrogens with one attached hydrogen (secondary N) is 2. The predicted molar refractivity (Wildman–Crippen MR) is 136 cm³/mol. The molecule has 0 unspecified atom stereocenters.